The van der Waals surface area contributed by atoms with Crippen molar-refractivity contribution in [1.29, 1.82) is 0 Å². The number of fused-ring (bicyclic) bond motifs is 1. The van der Waals surface area contributed by atoms with Gasteiger partial charge in [0.25, 0.3) is 5.91 Å². The molecule has 0 bridgehead atoms. The van der Waals surface area contributed by atoms with E-state index in [0.29, 0.717) is 11.8 Å². The van der Waals surface area contributed by atoms with Crippen molar-refractivity contribution in [3.63, 3.8) is 0 Å². The first-order chi connectivity index (χ1) is 14.7. The molecular weight excluding hydrogens is 376 g/mol. The van der Waals surface area contributed by atoms with Gasteiger partial charge in [-0.1, -0.05) is 19.8 Å². The molecule has 0 aromatic carbocycles. The second-order valence-corrected chi connectivity index (χ2v) is 9.44. The lowest BCUT2D eigenvalue weighted by molar-refractivity contribution is -0.127. The molecule has 0 saturated carbocycles. The van der Waals surface area contributed by atoms with Crippen LogP contribution in [0.1, 0.15) is 92.9 Å². The Bertz CT molecular complexity index is 751. The maximum atomic E-state index is 13.2. The van der Waals surface area contributed by atoms with Crippen molar-refractivity contribution in [2.45, 2.75) is 90.5 Å². The number of rotatable bonds is 8. The molecule has 1 atom stereocenters. The van der Waals surface area contributed by atoms with E-state index in [1.54, 1.807) is 0 Å². The van der Waals surface area contributed by atoms with Crippen LogP contribution in [0.25, 0.3) is 0 Å². The first kappa shape index (κ1) is 21.4. The Morgan fingerprint density at radius 1 is 1.03 bits per heavy atom. The van der Waals surface area contributed by atoms with Crippen molar-refractivity contribution in [3.05, 3.63) is 17.0 Å². The minimum atomic E-state index is 0.161. The van der Waals surface area contributed by atoms with Gasteiger partial charge in [0.2, 0.25) is 5.91 Å². The molecule has 3 aliphatic rings. The van der Waals surface area contributed by atoms with Gasteiger partial charge < -0.3 is 9.80 Å². The Labute approximate surface area is 181 Å². The molecule has 2 amide bonds. The summed E-state index contributed by atoms with van der Waals surface area (Å²) in [6.45, 7) is 6.72. The number of likely N-dealkylation sites (tertiary alicyclic amines) is 2. The summed E-state index contributed by atoms with van der Waals surface area (Å²) < 4.78 is 2.13. The molecule has 1 unspecified atom stereocenters. The second-order valence-electron chi connectivity index (χ2n) is 9.44. The number of nitrogens with zero attached hydrogens (tertiary/aromatic N) is 4. The van der Waals surface area contributed by atoms with E-state index in [4.69, 9.17) is 5.10 Å². The first-order valence-corrected chi connectivity index (χ1v) is 12.3. The number of piperidine rings is 1. The van der Waals surface area contributed by atoms with Gasteiger partial charge in [0.05, 0.1) is 0 Å². The third kappa shape index (κ3) is 4.73. The predicted molar refractivity (Wildman–Crippen MR) is 117 cm³/mol. The minimum absolute atomic E-state index is 0.161. The molecule has 166 valence electrons. The summed E-state index contributed by atoms with van der Waals surface area (Å²) in [7, 11) is 0. The van der Waals surface area contributed by atoms with Crippen molar-refractivity contribution < 1.29 is 9.59 Å². The highest BCUT2D eigenvalue weighted by atomic mass is 16.2. The van der Waals surface area contributed by atoms with Gasteiger partial charge >= 0.3 is 0 Å². The lowest BCUT2D eigenvalue weighted by atomic mass is 9.83. The van der Waals surface area contributed by atoms with Gasteiger partial charge in [-0.15, -0.1) is 0 Å². The van der Waals surface area contributed by atoms with Crippen molar-refractivity contribution in [1.82, 2.24) is 19.6 Å². The zero-order valence-corrected chi connectivity index (χ0v) is 18.7. The fourth-order valence-electron chi connectivity index (χ4n) is 5.50. The Balaban J connectivity index is 1.38. The maximum Gasteiger partial charge on any atom is 0.274 e. The molecule has 0 N–H and O–H groups in total. The van der Waals surface area contributed by atoms with Crippen LogP contribution < -0.4 is 0 Å². The second kappa shape index (κ2) is 9.97. The number of unbranched alkanes of at least 4 members (excludes halogenated alkanes) is 1. The molecule has 0 radical (unpaired) electrons. The SMILES string of the molecule is CCCn1nc(C(=O)N2CCCCC2)c2c1CCC(CCCCN1CCCC1=O)C2. The summed E-state index contributed by atoms with van der Waals surface area (Å²) in [6.07, 6.45) is 13.0. The van der Waals surface area contributed by atoms with E-state index < -0.39 is 0 Å². The Morgan fingerprint density at radius 3 is 2.60 bits per heavy atom. The van der Waals surface area contributed by atoms with Crippen LogP contribution in [0.3, 0.4) is 0 Å². The maximum absolute atomic E-state index is 13.2. The van der Waals surface area contributed by atoms with Crippen LogP contribution in [0.4, 0.5) is 0 Å². The summed E-state index contributed by atoms with van der Waals surface area (Å²) in [4.78, 5) is 29.1. The highest BCUT2D eigenvalue weighted by Gasteiger charge is 2.31. The molecule has 0 spiro atoms. The van der Waals surface area contributed by atoms with Gasteiger partial charge in [-0.3, -0.25) is 14.3 Å². The fourth-order valence-corrected chi connectivity index (χ4v) is 5.50. The van der Waals surface area contributed by atoms with Gasteiger partial charge in [-0.25, -0.2) is 0 Å². The lowest BCUT2D eigenvalue weighted by Gasteiger charge is -2.27. The van der Waals surface area contributed by atoms with Crippen LogP contribution in [0.15, 0.2) is 0 Å². The molecule has 6 heteroatoms. The monoisotopic (exact) mass is 414 g/mol. The molecular formula is C24H38N4O2. The van der Waals surface area contributed by atoms with Gasteiger partial charge in [0, 0.05) is 50.4 Å². The number of aromatic nitrogens is 2. The largest absolute Gasteiger partial charge is 0.343 e. The highest BCUT2D eigenvalue weighted by Crippen LogP contribution is 2.32. The standard InChI is InChI=1S/C24H38N4O2/c1-2-13-28-21-12-11-19(9-4-7-14-26-17-8-10-22(26)29)18-20(21)23(25-28)24(30)27-15-5-3-6-16-27/h19H,2-18H2,1H3. The summed E-state index contributed by atoms with van der Waals surface area (Å²) in [5.74, 6) is 1.13. The van der Waals surface area contributed by atoms with E-state index in [-0.39, 0.29) is 5.91 Å². The lowest BCUT2D eigenvalue weighted by Crippen LogP contribution is -2.36. The molecule has 3 heterocycles. The smallest absolute Gasteiger partial charge is 0.274 e. The van der Waals surface area contributed by atoms with Crippen LogP contribution in [-0.4, -0.2) is 57.6 Å². The zero-order valence-electron chi connectivity index (χ0n) is 18.7. The van der Waals surface area contributed by atoms with E-state index in [0.717, 1.165) is 89.8 Å². The number of hydrogen-bond donors (Lipinski definition) is 0. The van der Waals surface area contributed by atoms with Gasteiger partial charge in [-0.2, -0.15) is 5.10 Å². The third-order valence-electron chi connectivity index (χ3n) is 7.19. The molecule has 1 aromatic rings. The molecule has 2 aliphatic heterocycles. The summed E-state index contributed by atoms with van der Waals surface area (Å²) >= 11 is 0. The van der Waals surface area contributed by atoms with Gasteiger partial charge in [0.1, 0.15) is 0 Å². The van der Waals surface area contributed by atoms with Crippen molar-refractivity contribution in [2.75, 3.05) is 26.2 Å². The molecule has 6 nitrogen and oxygen atoms in total. The normalized spacial score (nSPS) is 21.9. The summed E-state index contributed by atoms with van der Waals surface area (Å²) in [6, 6.07) is 0. The number of hydrogen-bond acceptors (Lipinski definition) is 3. The Hall–Kier alpha value is -1.85. The minimum Gasteiger partial charge on any atom is -0.343 e. The van der Waals surface area contributed by atoms with E-state index in [1.165, 1.54) is 36.9 Å². The number of amides is 2. The Kier molecular flexibility index (Phi) is 7.11. The molecule has 2 saturated heterocycles. The van der Waals surface area contributed by atoms with Crippen molar-refractivity contribution >= 4 is 11.8 Å². The van der Waals surface area contributed by atoms with E-state index >= 15 is 0 Å². The van der Waals surface area contributed by atoms with Gasteiger partial charge in [0.15, 0.2) is 5.69 Å². The molecule has 2 fully saturated rings. The third-order valence-corrected chi connectivity index (χ3v) is 7.19. The molecule has 4 rings (SSSR count). The molecule has 1 aromatic heterocycles. The first-order valence-electron chi connectivity index (χ1n) is 12.3. The Morgan fingerprint density at radius 2 is 1.87 bits per heavy atom. The van der Waals surface area contributed by atoms with Crippen LogP contribution >= 0.6 is 0 Å². The van der Waals surface area contributed by atoms with Crippen LogP contribution in [0.2, 0.25) is 0 Å². The van der Waals surface area contributed by atoms with E-state index in [9.17, 15) is 9.59 Å². The average Bonchev–Trinajstić information content (AvgIpc) is 3.35. The molecule has 30 heavy (non-hydrogen) atoms. The van der Waals surface area contributed by atoms with Crippen molar-refractivity contribution in [2.24, 2.45) is 5.92 Å². The van der Waals surface area contributed by atoms with Crippen LogP contribution in [0.5, 0.6) is 0 Å². The topological polar surface area (TPSA) is 58.4 Å². The number of aryl methyl sites for hydroxylation is 1. The van der Waals surface area contributed by atoms with E-state index in [2.05, 4.69) is 11.6 Å². The van der Waals surface area contributed by atoms with Crippen LogP contribution in [0, 0.1) is 5.92 Å². The number of carbonyl (C=O) groups is 2. The fraction of sp³-hybridized carbons (Fsp3) is 0.792. The van der Waals surface area contributed by atoms with Gasteiger partial charge in [-0.05, 0) is 63.7 Å². The summed E-state index contributed by atoms with van der Waals surface area (Å²) in [5, 5.41) is 4.83. The zero-order chi connectivity index (χ0) is 20.9. The van der Waals surface area contributed by atoms with E-state index in [1.807, 2.05) is 9.80 Å². The predicted octanol–water partition coefficient (Wildman–Crippen LogP) is 3.82. The van der Waals surface area contributed by atoms with Crippen LogP contribution in [-0.2, 0) is 24.2 Å². The van der Waals surface area contributed by atoms with Crippen molar-refractivity contribution in [3.8, 4) is 0 Å². The molecule has 1 aliphatic carbocycles. The summed E-state index contributed by atoms with van der Waals surface area (Å²) in [5.41, 5.74) is 3.30. The average molecular weight is 415 g/mol. The quantitative estimate of drug-likeness (QED) is 0.608. The number of carbonyl (C=O) groups excluding carboxylic acids is 2. The highest BCUT2D eigenvalue weighted by molar-refractivity contribution is 5.94.